The summed E-state index contributed by atoms with van der Waals surface area (Å²) in [5.41, 5.74) is -0.412. The summed E-state index contributed by atoms with van der Waals surface area (Å²) in [7, 11) is 1.54. The molecule has 82 valence electrons. The molecule has 0 aliphatic heterocycles. The Balaban J connectivity index is 2.89. The van der Waals surface area contributed by atoms with Crippen LogP contribution in [0.2, 0.25) is 0 Å². The summed E-state index contributed by atoms with van der Waals surface area (Å²) in [6.07, 6.45) is 0.260. The Morgan fingerprint density at radius 1 is 1.40 bits per heavy atom. The molecular weight excluding hydrogens is 194 g/mol. The highest BCUT2D eigenvalue weighted by atomic mass is 16.4. The highest BCUT2D eigenvalue weighted by Crippen LogP contribution is 2.13. The molecule has 0 radical (unpaired) electrons. The zero-order valence-electron chi connectivity index (χ0n) is 8.60. The summed E-state index contributed by atoms with van der Waals surface area (Å²) >= 11 is 0. The van der Waals surface area contributed by atoms with E-state index < -0.39 is 18.1 Å². The van der Waals surface area contributed by atoms with Crippen molar-refractivity contribution in [2.75, 3.05) is 13.7 Å². The molecule has 3 N–H and O–H groups in total. The van der Waals surface area contributed by atoms with Crippen LogP contribution in [0.4, 0.5) is 0 Å². The molecule has 0 aliphatic carbocycles. The lowest BCUT2D eigenvalue weighted by Gasteiger charge is -2.26. The van der Waals surface area contributed by atoms with E-state index in [4.69, 9.17) is 10.2 Å². The standard InChI is InChI=1S/C11H15NO3/c1-12-11(8-13,10(14)15)7-9-5-3-2-4-6-9/h2-6,12-13H,7-8H2,1H3,(H,14,15)/t11-/m0/s1. The van der Waals surface area contributed by atoms with Crippen molar-refractivity contribution < 1.29 is 15.0 Å². The third-order valence-corrected chi connectivity index (χ3v) is 2.51. The average molecular weight is 209 g/mol. The monoisotopic (exact) mass is 209 g/mol. The van der Waals surface area contributed by atoms with E-state index in [0.717, 1.165) is 5.56 Å². The number of aliphatic carboxylic acids is 1. The van der Waals surface area contributed by atoms with Crippen LogP contribution >= 0.6 is 0 Å². The minimum Gasteiger partial charge on any atom is -0.480 e. The quantitative estimate of drug-likeness (QED) is 0.651. The Morgan fingerprint density at radius 3 is 2.40 bits per heavy atom. The number of likely N-dealkylation sites (N-methyl/N-ethyl adjacent to an activating group) is 1. The average Bonchev–Trinajstić information content (AvgIpc) is 2.27. The lowest BCUT2D eigenvalue weighted by molar-refractivity contribution is -0.146. The molecule has 0 bridgehead atoms. The number of hydrogen-bond donors (Lipinski definition) is 3. The van der Waals surface area contributed by atoms with Crippen LogP contribution in [0, 0.1) is 0 Å². The maximum Gasteiger partial charge on any atom is 0.326 e. The van der Waals surface area contributed by atoms with Crippen LogP contribution in [0.1, 0.15) is 5.56 Å². The normalized spacial score (nSPS) is 14.5. The van der Waals surface area contributed by atoms with E-state index in [9.17, 15) is 4.79 Å². The third-order valence-electron chi connectivity index (χ3n) is 2.51. The fourth-order valence-corrected chi connectivity index (χ4v) is 1.42. The number of benzene rings is 1. The fraction of sp³-hybridized carbons (Fsp3) is 0.364. The van der Waals surface area contributed by atoms with Gasteiger partial charge in [-0.05, 0) is 12.6 Å². The second kappa shape index (κ2) is 4.91. The summed E-state index contributed by atoms with van der Waals surface area (Å²) in [6, 6.07) is 9.23. The predicted octanol–water partition coefficient (Wildman–Crippen LogP) is 0.264. The molecule has 1 rings (SSSR count). The van der Waals surface area contributed by atoms with Crippen LogP contribution in [0.15, 0.2) is 30.3 Å². The van der Waals surface area contributed by atoms with Crippen LogP contribution in [-0.4, -0.2) is 35.4 Å². The van der Waals surface area contributed by atoms with E-state index in [1.165, 1.54) is 7.05 Å². The maximum atomic E-state index is 11.1. The zero-order chi connectivity index (χ0) is 11.3. The van der Waals surface area contributed by atoms with Gasteiger partial charge in [-0.3, -0.25) is 4.79 Å². The first-order chi connectivity index (χ1) is 7.14. The summed E-state index contributed by atoms with van der Waals surface area (Å²) in [5, 5.41) is 20.9. The molecule has 0 amide bonds. The molecule has 0 aliphatic rings. The largest absolute Gasteiger partial charge is 0.480 e. The van der Waals surface area contributed by atoms with Crippen molar-refractivity contribution in [1.82, 2.24) is 5.32 Å². The third kappa shape index (κ3) is 2.55. The van der Waals surface area contributed by atoms with Crippen molar-refractivity contribution >= 4 is 5.97 Å². The second-order valence-electron chi connectivity index (χ2n) is 3.46. The van der Waals surface area contributed by atoms with Gasteiger partial charge >= 0.3 is 5.97 Å². The molecule has 4 nitrogen and oxygen atoms in total. The molecule has 15 heavy (non-hydrogen) atoms. The van der Waals surface area contributed by atoms with Gasteiger partial charge in [0.25, 0.3) is 0 Å². The Kier molecular flexibility index (Phi) is 3.82. The number of rotatable bonds is 5. The van der Waals surface area contributed by atoms with Crippen LogP contribution in [0.25, 0.3) is 0 Å². The number of carboxylic acids is 1. The molecule has 1 aromatic rings. The Bertz CT molecular complexity index is 320. The fourth-order valence-electron chi connectivity index (χ4n) is 1.42. The summed E-state index contributed by atoms with van der Waals surface area (Å²) < 4.78 is 0. The molecule has 0 spiro atoms. The first-order valence-electron chi connectivity index (χ1n) is 4.72. The minimum atomic E-state index is -1.29. The molecule has 0 unspecified atom stereocenters. The Hall–Kier alpha value is -1.39. The van der Waals surface area contributed by atoms with Gasteiger partial charge < -0.3 is 15.5 Å². The molecule has 1 atom stereocenters. The zero-order valence-corrected chi connectivity index (χ0v) is 8.60. The second-order valence-corrected chi connectivity index (χ2v) is 3.46. The van der Waals surface area contributed by atoms with Crippen molar-refractivity contribution in [3.8, 4) is 0 Å². The van der Waals surface area contributed by atoms with Crippen molar-refractivity contribution in [3.63, 3.8) is 0 Å². The first kappa shape index (κ1) is 11.7. The van der Waals surface area contributed by atoms with Crippen LogP contribution in [0.3, 0.4) is 0 Å². The summed E-state index contributed by atoms with van der Waals surface area (Å²) in [4.78, 5) is 11.1. The topological polar surface area (TPSA) is 69.6 Å². The predicted molar refractivity (Wildman–Crippen MR) is 56.7 cm³/mol. The first-order valence-corrected chi connectivity index (χ1v) is 4.72. The van der Waals surface area contributed by atoms with Gasteiger partial charge in [0.1, 0.15) is 5.54 Å². The maximum absolute atomic E-state index is 11.1. The van der Waals surface area contributed by atoms with Gasteiger partial charge in [-0.1, -0.05) is 30.3 Å². The SMILES string of the molecule is CN[C@](CO)(Cc1ccccc1)C(=O)O. The molecule has 0 fully saturated rings. The summed E-state index contributed by atoms with van der Waals surface area (Å²) in [5.74, 6) is -1.05. The van der Waals surface area contributed by atoms with Gasteiger partial charge in [-0.2, -0.15) is 0 Å². The number of hydrogen-bond acceptors (Lipinski definition) is 3. The minimum absolute atomic E-state index is 0.260. The van der Waals surface area contributed by atoms with Gasteiger partial charge in [-0.25, -0.2) is 0 Å². The van der Waals surface area contributed by atoms with Gasteiger partial charge in [0.05, 0.1) is 6.61 Å². The van der Waals surface area contributed by atoms with E-state index in [2.05, 4.69) is 5.32 Å². The highest BCUT2D eigenvalue weighted by Gasteiger charge is 2.36. The van der Waals surface area contributed by atoms with Crippen LogP contribution in [0.5, 0.6) is 0 Å². The van der Waals surface area contributed by atoms with E-state index in [-0.39, 0.29) is 6.42 Å². The molecular formula is C11H15NO3. The number of carbonyl (C=O) groups is 1. The van der Waals surface area contributed by atoms with Crippen LogP contribution in [-0.2, 0) is 11.2 Å². The van der Waals surface area contributed by atoms with E-state index in [1.807, 2.05) is 30.3 Å². The van der Waals surface area contributed by atoms with Crippen molar-refractivity contribution in [3.05, 3.63) is 35.9 Å². The van der Waals surface area contributed by atoms with Gasteiger partial charge in [-0.15, -0.1) is 0 Å². The smallest absolute Gasteiger partial charge is 0.326 e. The lowest BCUT2D eigenvalue weighted by atomic mass is 9.92. The van der Waals surface area contributed by atoms with Gasteiger partial charge in [0.2, 0.25) is 0 Å². The van der Waals surface area contributed by atoms with E-state index in [1.54, 1.807) is 0 Å². The molecule has 4 heteroatoms. The number of aliphatic hydroxyl groups excluding tert-OH is 1. The van der Waals surface area contributed by atoms with Gasteiger partial charge in [0.15, 0.2) is 0 Å². The Labute approximate surface area is 88.6 Å². The van der Waals surface area contributed by atoms with Crippen LogP contribution < -0.4 is 5.32 Å². The number of carboxylic acid groups (broad SMARTS) is 1. The number of nitrogens with one attached hydrogen (secondary N) is 1. The lowest BCUT2D eigenvalue weighted by Crippen LogP contribution is -2.55. The molecule has 0 saturated carbocycles. The van der Waals surface area contributed by atoms with E-state index in [0.29, 0.717) is 0 Å². The number of aliphatic hydroxyl groups is 1. The molecule has 0 saturated heterocycles. The van der Waals surface area contributed by atoms with Gasteiger partial charge in [0, 0.05) is 6.42 Å². The molecule has 0 aromatic heterocycles. The van der Waals surface area contributed by atoms with Crippen molar-refractivity contribution in [2.45, 2.75) is 12.0 Å². The molecule has 1 aromatic carbocycles. The van der Waals surface area contributed by atoms with Crippen molar-refractivity contribution in [1.29, 1.82) is 0 Å². The molecule has 0 heterocycles. The van der Waals surface area contributed by atoms with Crippen molar-refractivity contribution in [2.24, 2.45) is 0 Å². The Morgan fingerprint density at radius 2 is 2.00 bits per heavy atom. The summed E-state index contributed by atoms with van der Waals surface area (Å²) in [6.45, 7) is -0.437. The highest BCUT2D eigenvalue weighted by molar-refractivity contribution is 5.79. The van der Waals surface area contributed by atoms with E-state index >= 15 is 0 Å².